The molecule has 0 spiro atoms. The highest BCUT2D eigenvalue weighted by atomic mass is 32.5. The van der Waals surface area contributed by atoms with E-state index in [1.165, 1.54) is 17.2 Å². The van der Waals surface area contributed by atoms with Crippen LogP contribution in [0.1, 0.15) is 34.4 Å². The lowest BCUT2D eigenvalue weighted by Crippen LogP contribution is -2.51. The number of furan rings is 1. The molecule has 0 radical (unpaired) electrons. The van der Waals surface area contributed by atoms with Gasteiger partial charge in [-0.1, -0.05) is 56.7 Å². The number of ether oxygens (including phenoxy) is 1. The molecule has 1 aliphatic rings. The van der Waals surface area contributed by atoms with Crippen LogP contribution in [0.5, 0.6) is 5.75 Å². The van der Waals surface area contributed by atoms with E-state index in [-0.39, 0.29) is 91.7 Å². The lowest BCUT2D eigenvalue weighted by atomic mass is 10.1. The fraction of sp³-hybridized carbons (Fsp3) is 0.225. The summed E-state index contributed by atoms with van der Waals surface area (Å²) >= 11 is 0. The summed E-state index contributed by atoms with van der Waals surface area (Å²) in [6, 6.07) is 18.3. The SMILES string of the molecule is CCc1c(N2CCN(C(=O)c3ncnc(C)c3OCc3ccccc3)CC2)c(=O)n2nc(-c3ccc4occc4c3)nc2n1CC(=O)Nc1ccc(S(F)(F)(F)(F)F)cc1. The van der Waals surface area contributed by atoms with E-state index < -0.39 is 33.1 Å². The van der Waals surface area contributed by atoms with Crippen molar-refractivity contribution in [1.82, 2.24) is 34.0 Å². The van der Waals surface area contributed by atoms with Crippen molar-refractivity contribution < 1.29 is 38.2 Å². The minimum atomic E-state index is -9.94. The van der Waals surface area contributed by atoms with Gasteiger partial charge >= 0.3 is 10.2 Å². The highest BCUT2D eigenvalue weighted by Gasteiger charge is 2.65. The van der Waals surface area contributed by atoms with E-state index in [9.17, 15) is 33.8 Å². The lowest BCUT2D eigenvalue weighted by Gasteiger charge is -2.40. The zero-order valence-electron chi connectivity index (χ0n) is 32.0. The van der Waals surface area contributed by atoms with Gasteiger partial charge in [-0.05, 0) is 67.4 Å². The number of fused-ring (bicyclic) bond motifs is 2. The molecule has 60 heavy (non-hydrogen) atoms. The van der Waals surface area contributed by atoms with Crippen LogP contribution in [0.4, 0.5) is 30.8 Å². The van der Waals surface area contributed by atoms with Crippen LogP contribution < -0.4 is 20.5 Å². The van der Waals surface area contributed by atoms with Gasteiger partial charge in [0.1, 0.15) is 35.6 Å². The van der Waals surface area contributed by atoms with Gasteiger partial charge in [0, 0.05) is 42.8 Å². The van der Waals surface area contributed by atoms with Gasteiger partial charge in [0.15, 0.2) is 17.3 Å². The van der Waals surface area contributed by atoms with E-state index in [4.69, 9.17) is 9.15 Å². The Morgan fingerprint density at radius 3 is 2.35 bits per heavy atom. The molecule has 1 N–H and O–H groups in total. The molecule has 20 heteroatoms. The number of aromatic nitrogens is 6. The van der Waals surface area contributed by atoms with E-state index >= 15 is 0 Å². The molecule has 312 valence electrons. The van der Waals surface area contributed by atoms with Crippen LogP contribution in [0.3, 0.4) is 0 Å². The molecule has 2 amide bonds. The first-order valence-electron chi connectivity index (χ1n) is 18.6. The zero-order chi connectivity index (χ0) is 42.5. The zero-order valence-corrected chi connectivity index (χ0v) is 32.8. The van der Waals surface area contributed by atoms with E-state index in [0.717, 1.165) is 27.6 Å². The number of anilines is 2. The number of hydrogen-bond donors (Lipinski definition) is 1. The maximum atomic E-state index is 14.5. The largest absolute Gasteiger partial charge is 0.485 e. The Hall–Kier alpha value is -6.83. The molecule has 1 fully saturated rings. The summed E-state index contributed by atoms with van der Waals surface area (Å²) in [5.41, 5.74) is 2.56. The summed E-state index contributed by atoms with van der Waals surface area (Å²) in [6.45, 7) is 3.98. The van der Waals surface area contributed by atoms with Crippen molar-refractivity contribution in [1.29, 1.82) is 0 Å². The quantitative estimate of drug-likeness (QED) is 0.128. The van der Waals surface area contributed by atoms with Crippen LogP contribution in [0.2, 0.25) is 0 Å². The molecule has 0 bridgehead atoms. The Balaban J connectivity index is 1.10. The third kappa shape index (κ3) is 7.96. The molecule has 5 heterocycles. The number of hydrogen-bond acceptors (Lipinski definition) is 10. The van der Waals surface area contributed by atoms with Crippen LogP contribution in [-0.4, -0.2) is 72.0 Å². The minimum absolute atomic E-state index is 0.00489. The van der Waals surface area contributed by atoms with Gasteiger partial charge in [-0.2, -0.15) is 9.50 Å². The highest BCUT2D eigenvalue weighted by molar-refractivity contribution is 8.45. The third-order valence-corrected chi connectivity index (χ3v) is 11.2. The first-order chi connectivity index (χ1) is 28.5. The van der Waals surface area contributed by atoms with Crippen LogP contribution in [0, 0.1) is 6.92 Å². The van der Waals surface area contributed by atoms with Gasteiger partial charge in [0.2, 0.25) is 11.7 Å². The van der Waals surface area contributed by atoms with E-state index in [0.29, 0.717) is 22.5 Å². The average Bonchev–Trinajstić information content (AvgIpc) is 3.89. The smallest absolute Gasteiger partial charge is 0.310 e. The summed E-state index contributed by atoms with van der Waals surface area (Å²) < 4.78 is 80.8. The van der Waals surface area contributed by atoms with Crippen molar-refractivity contribution in [2.24, 2.45) is 0 Å². The number of halogens is 5. The summed E-state index contributed by atoms with van der Waals surface area (Å²) in [6.07, 6.45) is 3.04. The summed E-state index contributed by atoms with van der Waals surface area (Å²) in [5, 5.41) is 7.77. The minimum Gasteiger partial charge on any atom is -0.485 e. The monoisotopic (exact) mass is 849 g/mol. The lowest BCUT2D eigenvalue weighted by molar-refractivity contribution is -0.116. The predicted molar refractivity (Wildman–Crippen MR) is 214 cm³/mol. The molecule has 4 aromatic heterocycles. The molecular formula is C40H36F5N9O5S. The second kappa shape index (κ2) is 14.5. The van der Waals surface area contributed by atoms with Crippen LogP contribution in [0.25, 0.3) is 28.1 Å². The molecule has 14 nitrogen and oxygen atoms in total. The molecule has 3 aromatic carbocycles. The maximum Gasteiger partial charge on any atom is 0.310 e. The Kier molecular flexibility index (Phi) is 9.64. The second-order valence-corrected chi connectivity index (χ2v) is 16.5. The first-order valence-corrected chi connectivity index (χ1v) is 20.6. The van der Waals surface area contributed by atoms with Crippen molar-refractivity contribution in [3.8, 4) is 17.1 Å². The summed E-state index contributed by atoms with van der Waals surface area (Å²) in [7, 11) is -9.94. The molecule has 0 unspecified atom stereocenters. The van der Waals surface area contributed by atoms with Crippen LogP contribution in [0.15, 0.2) is 106 Å². The van der Waals surface area contributed by atoms with Crippen molar-refractivity contribution in [2.75, 3.05) is 36.4 Å². The van der Waals surface area contributed by atoms with Gasteiger partial charge in [-0.3, -0.25) is 14.4 Å². The molecule has 0 saturated carbocycles. The first kappa shape index (κ1) is 40.0. The number of carbonyl (C=O) groups excluding carboxylic acids is 2. The van der Waals surface area contributed by atoms with E-state index in [2.05, 4.69) is 25.4 Å². The molecule has 1 aliphatic heterocycles. The number of benzene rings is 3. The van der Waals surface area contributed by atoms with Crippen molar-refractivity contribution in [3.05, 3.63) is 124 Å². The number of rotatable bonds is 11. The standard InChI is InChI=1S/C40H36F5N9O5S/c1-3-31-35(51-16-18-52(19-17-51)38(56)34-36(25(2)46-24-47-34)59-23-26-7-5-4-6-8-26)39(57)54-40(49-37(50-54)28-9-14-32-27(21-28)15-20-58-32)53(31)22-33(55)48-29-10-12-30(13-11-29)60(41,42,43,44)45/h4-15,20-21,24H,3,16-19,22-23H2,1-2H3,(H,48,55). The third-order valence-electron chi connectivity index (χ3n) is 10.0. The summed E-state index contributed by atoms with van der Waals surface area (Å²) in [4.78, 5) is 56.4. The topological polar surface area (TPSA) is 153 Å². The van der Waals surface area contributed by atoms with Gasteiger partial charge in [-0.15, -0.1) is 5.10 Å². The van der Waals surface area contributed by atoms with Crippen molar-refractivity contribution >= 4 is 50.2 Å². The van der Waals surface area contributed by atoms with Gasteiger partial charge in [0.25, 0.3) is 11.5 Å². The number of nitrogens with zero attached hydrogens (tertiary/aromatic N) is 8. The van der Waals surface area contributed by atoms with Gasteiger partial charge in [-0.25, -0.2) is 9.97 Å². The number of aryl methyl sites for hydroxylation is 1. The number of carbonyl (C=O) groups is 2. The Morgan fingerprint density at radius 2 is 1.65 bits per heavy atom. The number of nitrogens with one attached hydrogen (secondary N) is 1. The van der Waals surface area contributed by atoms with Gasteiger partial charge in [0.05, 0.1) is 17.7 Å². The summed E-state index contributed by atoms with van der Waals surface area (Å²) in [5.74, 6) is -0.696. The maximum absolute atomic E-state index is 14.5. The molecule has 7 aromatic rings. The fourth-order valence-electron chi connectivity index (χ4n) is 7.10. The fourth-order valence-corrected chi connectivity index (χ4v) is 7.75. The predicted octanol–water partition coefficient (Wildman–Crippen LogP) is 7.80. The van der Waals surface area contributed by atoms with Crippen molar-refractivity contribution in [2.45, 2.75) is 38.3 Å². The molecule has 1 saturated heterocycles. The highest BCUT2D eigenvalue weighted by Crippen LogP contribution is 3.02. The number of amides is 2. The molecule has 0 aliphatic carbocycles. The molecule has 0 atom stereocenters. The molecule has 8 rings (SSSR count). The van der Waals surface area contributed by atoms with Gasteiger partial charge < -0.3 is 28.8 Å². The van der Waals surface area contributed by atoms with E-state index in [1.54, 1.807) is 47.9 Å². The van der Waals surface area contributed by atoms with Crippen LogP contribution >= 0.6 is 10.2 Å². The average molecular weight is 850 g/mol. The van der Waals surface area contributed by atoms with E-state index in [1.807, 2.05) is 30.3 Å². The number of piperazine rings is 1. The molecular weight excluding hydrogens is 814 g/mol. The second-order valence-electron chi connectivity index (χ2n) is 14.1. The normalized spacial score (nSPS) is 14.6. The Labute approximate surface area is 338 Å². The Morgan fingerprint density at radius 1 is 0.917 bits per heavy atom. The van der Waals surface area contributed by atoms with Crippen molar-refractivity contribution in [3.63, 3.8) is 0 Å². The van der Waals surface area contributed by atoms with Crippen LogP contribution in [-0.2, 0) is 24.4 Å². The Bertz CT molecular complexity index is 2840.